The molecule has 0 bridgehead atoms. The fourth-order valence-electron chi connectivity index (χ4n) is 2.34. The lowest BCUT2D eigenvalue weighted by molar-refractivity contribution is 0.0524. The number of fused-ring (bicyclic) bond motifs is 1. The van der Waals surface area contributed by atoms with Crippen molar-refractivity contribution in [2.45, 2.75) is 6.92 Å². The van der Waals surface area contributed by atoms with Crippen molar-refractivity contribution in [1.82, 2.24) is 9.55 Å². The van der Waals surface area contributed by atoms with Crippen LogP contribution in [0.1, 0.15) is 17.3 Å². The number of nitrogens with zero attached hydrogens (tertiary/aromatic N) is 2. The van der Waals surface area contributed by atoms with E-state index in [9.17, 15) is 9.59 Å². The number of esters is 1. The van der Waals surface area contributed by atoms with Gasteiger partial charge in [0.1, 0.15) is 5.56 Å². The van der Waals surface area contributed by atoms with Crippen molar-refractivity contribution in [3.05, 3.63) is 70.8 Å². The van der Waals surface area contributed by atoms with Crippen LogP contribution in [-0.4, -0.2) is 22.1 Å². The summed E-state index contributed by atoms with van der Waals surface area (Å²) in [6.07, 6.45) is 4.85. The SMILES string of the molecule is CCOC(=O)c1cn(-c2cccnc2)c2ccccc2c1=O. The largest absolute Gasteiger partial charge is 0.462 e. The highest BCUT2D eigenvalue weighted by atomic mass is 16.5. The molecule has 0 fully saturated rings. The minimum atomic E-state index is -0.615. The van der Waals surface area contributed by atoms with Crippen molar-refractivity contribution in [2.75, 3.05) is 6.61 Å². The second kappa shape index (κ2) is 5.81. The maximum Gasteiger partial charge on any atom is 0.343 e. The van der Waals surface area contributed by atoms with Gasteiger partial charge in [0.05, 0.1) is 24.0 Å². The zero-order valence-corrected chi connectivity index (χ0v) is 12.0. The number of carbonyl (C=O) groups excluding carboxylic acids is 1. The molecule has 0 saturated carbocycles. The maximum absolute atomic E-state index is 12.5. The van der Waals surface area contributed by atoms with Crippen LogP contribution < -0.4 is 5.43 Å². The zero-order valence-electron chi connectivity index (χ0n) is 12.0. The van der Waals surface area contributed by atoms with Gasteiger partial charge in [-0.15, -0.1) is 0 Å². The molecule has 0 aliphatic rings. The molecule has 0 spiro atoms. The van der Waals surface area contributed by atoms with Crippen molar-refractivity contribution >= 4 is 16.9 Å². The Morgan fingerprint density at radius 2 is 2.05 bits per heavy atom. The molecule has 0 atom stereocenters. The summed E-state index contributed by atoms with van der Waals surface area (Å²) in [5.74, 6) is -0.615. The summed E-state index contributed by atoms with van der Waals surface area (Å²) in [5, 5.41) is 0.469. The second-order valence-electron chi connectivity index (χ2n) is 4.69. The van der Waals surface area contributed by atoms with Crippen LogP contribution in [0.25, 0.3) is 16.6 Å². The van der Waals surface area contributed by atoms with Crippen LogP contribution in [0.5, 0.6) is 0 Å². The van der Waals surface area contributed by atoms with E-state index < -0.39 is 5.97 Å². The third-order valence-electron chi connectivity index (χ3n) is 3.33. The first-order chi connectivity index (χ1) is 10.7. The van der Waals surface area contributed by atoms with Gasteiger partial charge < -0.3 is 9.30 Å². The van der Waals surface area contributed by atoms with Crippen LogP contribution in [0.2, 0.25) is 0 Å². The first-order valence-corrected chi connectivity index (χ1v) is 6.94. The van der Waals surface area contributed by atoms with E-state index in [4.69, 9.17) is 4.74 Å². The molecule has 5 nitrogen and oxygen atoms in total. The Hall–Kier alpha value is -2.95. The summed E-state index contributed by atoms with van der Waals surface area (Å²) < 4.78 is 6.75. The van der Waals surface area contributed by atoms with Crippen molar-refractivity contribution in [3.63, 3.8) is 0 Å². The molecule has 2 heterocycles. The number of para-hydroxylation sites is 1. The molecular weight excluding hydrogens is 280 g/mol. The van der Waals surface area contributed by atoms with E-state index in [-0.39, 0.29) is 17.6 Å². The lowest BCUT2D eigenvalue weighted by atomic mass is 10.1. The van der Waals surface area contributed by atoms with Crippen molar-refractivity contribution in [3.8, 4) is 5.69 Å². The van der Waals surface area contributed by atoms with Crippen molar-refractivity contribution in [2.24, 2.45) is 0 Å². The van der Waals surface area contributed by atoms with Crippen LogP contribution in [0.3, 0.4) is 0 Å². The van der Waals surface area contributed by atoms with E-state index >= 15 is 0 Å². The number of pyridine rings is 2. The number of benzene rings is 1. The molecule has 0 amide bonds. The zero-order chi connectivity index (χ0) is 15.5. The molecule has 3 aromatic rings. The normalized spacial score (nSPS) is 10.6. The Morgan fingerprint density at radius 1 is 1.23 bits per heavy atom. The number of hydrogen-bond acceptors (Lipinski definition) is 4. The summed E-state index contributed by atoms with van der Waals surface area (Å²) in [6, 6.07) is 10.8. The van der Waals surface area contributed by atoms with E-state index in [0.717, 1.165) is 5.69 Å². The first-order valence-electron chi connectivity index (χ1n) is 6.94. The lowest BCUT2D eigenvalue weighted by Gasteiger charge is -2.12. The molecule has 0 aliphatic carbocycles. The monoisotopic (exact) mass is 294 g/mol. The molecule has 0 saturated heterocycles. The van der Waals surface area contributed by atoms with Crippen LogP contribution in [0.4, 0.5) is 0 Å². The average Bonchev–Trinajstić information content (AvgIpc) is 2.56. The number of ether oxygens (including phenoxy) is 1. The molecule has 110 valence electrons. The third kappa shape index (κ3) is 2.37. The standard InChI is InChI=1S/C17H14N2O3/c1-2-22-17(21)14-11-19(12-6-5-9-18-10-12)15-8-4-3-7-13(15)16(14)20/h3-11H,2H2,1H3. The summed E-state index contributed by atoms with van der Waals surface area (Å²) >= 11 is 0. The highest BCUT2D eigenvalue weighted by molar-refractivity contribution is 5.94. The van der Waals surface area contributed by atoms with E-state index in [2.05, 4.69) is 4.98 Å². The lowest BCUT2D eigenvalue weighted by Crippen LogP contribution is -2.20. The van der Waals surface area contributed by atoms with Crippen LogP contribution in [-0.2, 0) is 4.74 Å². The fraction of sp³-hybridized carbons (Fsp3) is 0.118. The number of rotatable bonds is 3. The Balaban J connectivity index is 2.34. The highest BCUT2D eigenvalue weighted by Crippen LogP contribution is 2.17. The summed E-state index contributed by atoms with van der Waals surface area (Å²) in [4.78, 5) is 28.6. The van der Waals surface area contributed by atoms with Gasteiger partial charge in [-0.3, -0.25) is 9.78 Å². The average molecular weight is 294 g/mol. The molecule has 0 radical (unpaired) electrons. The molecule has 1 aromatic carbocycles. The van der Waals surface area contributed by atoms with E-state index in [1.165, 1.54) is 6.20 Å². The van der Waals surface area contributed by atoms with E-state index in [1.807, 2.05) is 18.2 Å². The van der Waals surface area contributed by atoms with Gasteiger partial charge in [-0.1, -0.05) is 12.1 Å². The Kier molecular flexibility index (Phi) is 3.70. The van der Waals surface area contributed by atoms with Gasteiger partial charge in [0.15, 0.2) is 0 Å². The summed E-state index contributed by atoms with van der Waals surface area (Å²) in [6.45, 7) is 1.93. The summed E-state index contributed by atoms with van der Waals surface area (Å²) in [5.41, 5.74) is 1.18. The van der Waals surface area contributed by atoms with Crippen molar-refractivity contribution in [1.29, 1.82) is 0 Å². The number of carbonyl (C=O) groups is 1. The summed E-state index contributed by atoms with van der Waals surface area (Å²) in [7, 11) is 0. The predicted molar refractivity (Wildman–Crippen MR) is 83.3 cm³/mol. The maximum atomic E-state index is 12.5. The smallest absolute Gasteiger partial charge is 0.343 e. The predicted octanol–water partition coefficient (Wildman–Crippen LogP) is 2.56. The van der Waals surface area contributed by atoms with E-state index in [1.54, 1.807) is 42.1 Å². The molecule has 2 aromatic heterocycles. The number of hydrogen-bond donors (Lipinski definition) is 0. The quantitative estimate of drug-likeness (QED) is 0.697. The van der Waals surface area contributed by atoms with Gasteiger partial charge in [-0.2, -0.15) is 0 Å². The molecule has 0 aliphatic heterocycles. The first kappa shape index (κ1) is 14.0. The van der Waals surface area contributed by atoms with Crippen molar-refractivity contribution < 1.29 is 9.53 Å². The minimum Gasteiger partial charge on any atom is -0.462 e. The van der Waals surface area contributed by atoms with Gasteiger partial charge in [0.25, 0.3) is 0 Å². The van der Waals surface area contributed by atoms with Gasteiger partial charge >= 0.3 is 5.97 Å². The molecule has 3 rings (SSSR count). The Labute approximate surface area is 126 Å². The molecule has 0 unspecified atom stereocenters. The Bertz CT molecular complexity index is 885. The van der Waals surface area contributed by atoms with Gasteiger partial charge in [0, 0.05) is 17.8 Å². The van der Waals surface area contributed by atoms with Gasteiger partial charge in [-0.25, -0.2) is 4.79 Å². The van der Waals surface area contributed by atoms with Crippen LogP contribution in [0.15, 0.2) is 59.8 Å². The molecule has 0 N–H and O–H groups in total. The van der Waals surface area contributed by atoms with Gasteiger partial charge in [0.2, 0.25) is 5.43 Å². The minimum absolute atomic E-state index is 0.0180. The number of aromatic nitrogens is 2. The van der Waals surface area contributed by atoms with E-state index in [0.29, 0.717) is 10.9 Å². The molecular formula is C17H14N2O3. The molecule has 22 heavy (non-hydrogen) atoms. The third-order valence-corrected chi connectivity index (χ3v) is 3.33. The fourth-order valence-corrected chi connectivity index (χ4v) is 2.34. The second-order valence-corrected chi connectivity index (χ2v) is 4.69. The van der Waals surface area contributed by atoms with Gasteiger partial charge in [-0.05, 0) is 31.2 Å². The highest BCUT2D eigenvalue weighted by Gasteiger charge is 2.16. The molecule has 5 heteroatoms. The van der Waals surface area contributed by atoms with Crippen LogP contribution >= 0.6 is 0 Å². The topological polar surface area (TPSA) is 61.2 Å². The van der Waals surface area contributed by atoms with Crippen LogP contribution in [0, 0.1) is 0 Å². The Morgan fingerprint density at radius 3 is 2.77 bits per heavy atom.